The number of phenols is 1. The Hall–Kier alpha value is -2.43. The summed E-state index contributed by atoms with van der Waals surface area (Å²) < 4.78 is 10.00. The Morgan fingerprint density at radius 1 is 1.39 bits per heavy atom. The Bertz CT molecular complexity index is 654. The second kappa shape index (κ2) is 4.83. The summed E-state index contributed by atoms with van der Waals surface area (Å²) in [5, 5.41) is 19.5. The summed E-state index contributed by atoms with van der Waals surface area (Å²) in [7, 11) is 0. The van der Waals surface area contributed by atoms with E-state index in [1.807, 2.05) is 6.92 Å². The summed E-state index contributed by atoms with van der Waals surface area (Å²) >= 11 is 0. The highest BCUT2D eigenvalue weighted by molar-refractivity contribution is 5.86. The summed E-state index contributed by atoms with van der Waals surface area (Å²) in [6.07, 6.45) is 3.76. The monoisotopic (exact) mass is 248 g/mol. The molecule has 1 aromatic carbocycles. The van der Waals surface area contributed by atoms with E-state index in [0.29, 0.717) is 5.39 Å². The second-order valence-corrected chi connectivity index (χ2v) is 3.65. The molecule has 0 aliphatic heterocycles. The third kappa shape index (κ3) is 2.15. The van der Waals surface area contributed by atoms with Gasteiger partial charge in [0.25, 0.3) is 5.75 Å². The molecule has 0 atom stereocenters. The SMILES string of the molecule is CCC=COc1c(O)c2ccc(O)cc2oc1=O. The van der Waals surface area contributed by atoms with Crippen molar-refractivity contribution >= 4 is 11.0 Å². The molecule has 2 rings (SSSR count). The van der Waals surface area contributed by atoms with Crippen molar-refractivity contribution in [2.75, 3.05) is 0 Å². The molecule has 0 amide bonds. The highest BCUT2D eigenvalue weighted by atomic mass is 16.5. The van der Waals surface area contributed by atoms with Gasteiger partial charge in [0.1, 0.15) is 11.3 Å². The maximum Gasteiger partial charge on any atom is 0.383 e. The lowest BCUT2D eigenvalue weighted by molar-refractivity contribution is 0.385. The lowest BCUT2D eigenvalue weighted by atomic mass is 10.2. The van der Waals surface area contributed by atoms with Gasteiger partial charge in [-0.25, -0.2) is 4.79 Å². The van der Waals surface area contributed by atoms with Crippen molar-refractivity contribution < 1.29 is 19.4 Å². The van der Waals surface area contributed by atoms with Gasteiger partial charge in [-0.1, -0.05) is 6.92 Å². The highest BCUT2D eigenvalue weighted by Gasteiger charge is 2.14. The van der Waals surface area contributed by atoms with Crippen LogP contribution in [0.15, 0.2) is 39.7 Å². The Kier molecular flexibility index (Phi) is 3.23. The lowest BCUT2D eigenvalue weighted by Crippen LogP contribution is -2.03. The quantitative estimate of drug-likeness (QED) is 0.644. The maximum absolute atomic E-state index is 11.6. The first kappa shape index (κ1) is 12.0. The van der Waals surface area contributed by atoms with Crippen LogP contribution in [-0.2, 0) is 0 Å². The molecule has 5 nitrogen and oxygen atoms in total. The van der Waals surface area contributed by atoms with E-state index in [0.717, 1.165) is 6.42 Å². The standard InChI is InChI=1S/C13H12O5/c1-2-3-6-17-12-11(15)9-5-4-8(14)7-10(9)18-13(12)16/h3-7,14-15H,2H2,1H3. The number of fused-ring (bicyclic) bond motifs is 1. The number of aromatic hydroxyl groups is 2. The fraction of sp³-hybridized carbons (Fsp3) is 0.154. The van der Waals surface area contributed by atoms with Crippen LogP contribution in [0.4, 0.5) is 0 Å². The smallest absolute Gasteiger partial charge is 0.383 e. The van der Waals surface area contributed by atoms with Gasteiger partial charge in [-0.2, -0.15) is 0 Å². The molecular formula is C13H12O5. The molecule has 2 N–H and O–H groups in total. The zero-order valence-corrected chi connectivity index (χ0v) is 9.71. The minimum Gasteiger partial charge on any atom is -0.508 e. The van der Waals surface area contributed by atoms with Crippen LogP contribution >= 0.6 is 0 Å². The second-order valence-electron chi connectivity index (χ2n) is 3.65. The summed E-state index contributed by atoms with van der Waals surface area (Å²) in [4.78, 5) is 11.6. The summed E-state index contributed by atoms with van der Waals surface area (Å²) in [6.45, 7) is 1.91. The molecule has 0 aliphatic carbocycles. The third-order valence-electron chi connectivity index (χ3n) is 2.34. The van der Waals surface area contributed by atoms with E-state index < -0.39 is 5.63 Å². The Morgan fingerprint density at radius 3 is 2.89 bits per heavy atom. The van der Waals surface area contributed by atoms with E-state index in [-0.39, 0.29) is 22.8 Å². The van der Waals surface area contributed by atoms with Gasteiger partial charge in [-0.15, -0.1) is 0 Å². The molecular weight excluding hydrogens is 236 g/mol. The predicted octanol–water partition coefficient (Wildman–Crippen LogP) is 2.51. The van der Waals surface area contributed by atoms with E-state index >= 15 is 0 Å². The van der Waals surface area contributed by atoms with E-state index in [2.05, 4.69) is 0 Å². The molecule has 1 aromatic heterocycles. The molecule has 0 bridgehead atoms. The van der Waals surface area contributed by atoms with Crippen LogP contribution in [0.25, 0.3) is 11.0 Å². The van der Waals surface area contributed by atoms with Gasteiger partial charge in [0.15, 0.2) is 5.75 Å². The number of benzene rings is 1. The van der Waals surface area contributed by atoms with Gasteiger partial charge in [-0.05, 0) is 24.6 Å². The minimum absolute atomic E-state index is 0.0513. The average Bonchev–Trinajstić information content (AvgIpc) is 2.33. The molecule has 2 aromatic rings. The zero-order valence-electron chi connectivity index (χ0n) is 9.71. The van der Waals surface area contributed by atoms with Gasteiger partial charge >= 0.3 is 5.63 Å². The van der Waals surface area contributed by atoms with Gasteiger partial charge in [0, 0.05) is 6.07 Å². The van der Waals surface area contributed by atoms with Crippen LogP contribution in [0, 0.1) is 0 Å². The fourth-order valence-corrected chi connectivity index (χ4v) is 1.47. The van der Waals surface area contributed by atoms with Crippen LogP contribution in [0.3, 0.4) is 0 Å². The number of hydrogen-bond donors (Lipinski definition) is 2. The molecule has 5 heteroatoms. The van der Waals surface area contributed by atoms with E-state index in [1.165, 1.54) is 24.5 Å². The third-order valence-corrected chi connectivity index (χ3v) is 2.34. The van der Waals surface area contributed by atoms with Crippen LogP contribution in [-0.4, -0.2) is 10.2 Å². The van der Waals surface area contributed by atoms with Crippen LogP contribution in [0.1, 0.15) is 13.3 Å². The molecule has 94 valence electrons. The number of phenolic OH excluding ortho intramolecular Hbond substituents is 1. The first-order valence-electron chi connectivity index (χ1n) is 5.44. The van der Waals surface area contributed by atoms with Crippen molar-refractivity contribution in [2.45, 2.75) is 13.3 Å². The zero-order chi connectivity index (χ0) is 13.1. The number of hydrogen-bond acceptors (Lipinski definition) is 5. The normalized spacial score (nSPS) is 11.2. The topological polar surface area (TPSA) is 79.9 Å². The van der Waals surface area contributed by atoms with Crippen molar-refractivity contribution in [1.82, 2.24) is 0 Å². The fourth-order valence-electron chi connectivity index (χ4n) is 1.47. The molecule has 18 heavy (non-hydrogen) atoms. The highest BCUT2D eigenvalue weighted by Crippen LogP contribution is 2.32. The Morgan fingerprint density at radius 2 is 2.17 bits per heavy atom. The van der Waals surface area contributed by atoms with Gasteiger partial charge in [0.05, 0.1) is 11.6 Å². The summed E-state index contributed by atoms with van der Waals surface area (Å²) in [5.74, 6) is -0.621. The lowest BCUT2D eigenvalue weighted by Gasteiger charge is -2.05. The van der Waals surface area contributed by atoms with Crippen LogP contribution < -0.4 is 10.4 Å². The molecule has 0 radical (unpaired) electrons. The molecule has 1 heterocycles. The number of rotatable bonds is 3. The summed E-state index contributed by atoms with van der Waals surface area (Å²) in [6, 6.07) is 4.08. The van der Waals surface area contributed by atoms with Crippen LogP contribution in [0.5, 0.6) is 17.2 Å². The van der Waals surface area contributed by atoms with Crippen molar-refractivity contribution in [3.63, 3.8) is 0 Å². The Labute approximate surface area is 103 Å². The minimum atomic E-state index is -0.800. The molecule has 0 aliphatic rings. The molecule has 0 saturated carbocycles. The molecule has 0 unspecified atom stereocenters. The van der Waals surface area contributed by atoms with Gasteiger partial charge in [-0.3, -0.25) is 0 Å². The first-order chi connectivity index (χ1) is 8.63. The van der Waals surface area contributed by atoms with Crippen molar-refractivity contribution in [1.29, 1.82) is 0 Å². The van der Waals surface area contributed by atoms with E-state index in [4.69, 9.17) is 9.15 Å². The number of allylic oxidation sites excluding steroid dienone is 1. The van der Waals surface area contributed by atoms with Crippen molar-refractivity contribution in [3.8, 4) is 17.2 Å². The Balaban J connectivity index is 2.58. The summed E-state index contributed by atoms with van der Waals surface area (Å²) in [5.41, 5.74) is -0.698. The van der Waals surface area contributed by atoms with Gasteiger partial charge < -0.3 is 19.4 Å². The number of ether oxygens (including phenoxy) is 1. The molecule has 0 saturated heterocycles. The first-order valence-corrected chi connectivity index (χ1v) is 5.44. The maximum atomic E-state index is 11.6. The molecule has 0 fully saturated rings. The van der Waals surface area contributed by atoms with Crippen molar-refractivity contribution in [3.05, 3.63) is 41.0 Å². The average molecular weight is 248 g/mol. The van der Waals surface area contributed by atoms with E-state index in [1.54, 1.807) is 6.08 Å². The van der Waals surface area contributed by atoms with Crippen LogP contribution in [0.2, 0.25) is 0 Å². The van der Waals surface area contributed by atoms with Crippen molar-refractivity contribution in [2.24, 2.45) is 0 Å². The molecule has 0 spiro atoms. The van der Waals surface area contributed by atoms with E-state index in [9.17, 15) is 15.0 Å². The van der Waals surface area contributed by atoms with Gasteiger partial charge in [0.2, 0.25) is 0 Å². The largest absolute Gasteiger partial charge is 0.508 e. The predicted molar refractivity (Wildman–Crippen MR) is 65.9 cm³/mol.